The highest BCUT2D eigenvalue weighted by atomic mass is 32.2. The lowest BCUT2D eigenvalue weighted by Crippen LogP contribution is -2.00. The summed E-state index contributed by atoms with van der Waals surface area (Å²) in [6.07, 6.45) is 3.21. The van der Waals surface area contributed by atoms with E-state index in [1.807, 2.05) is 5.38 Å². The molecule has 1 aromatic heterocycles. The van der Waals surface area contributed by atoms with Crippen LogP contribution in [0.1, 0.15) is 24.0 Å². The molecule has 0 atom stereocenters. The van der Waals surface area contributed by atoms with Crippen molar-refractivity contribution < 1.29 is 8.42 Å². The Morgan fingerprint density at radius 3 is 2.77 bits per heavy atom. The van der Waals surface area contributed by atoms with Crippen molar-refractivity contribution in [3.8, 4) is 0 Å². The smallest absolute Gasteiger partial charge is 0.153 e. The Balaban J connectivity index is 2.69. The van der Waals surface area contributed by atoms with Gasteiger partial charge in [-0.15, -0.1) is 11.3 Å². The SMILES string of the molecule is CCCc1nc(CS(C)(=O)=O)cs1. The summed E-state index contributed by atoms with van der Waals surface area (Å²) >= 11 is 1.54. The van der Waals surface area contributed by atoms with Crippen molar-refractivity contribution in [1.29, 1.82) is 0 Å². The first-order chi connectivity index (χ1) is 6.01. The quantitative estimate of drug-likeness (QED) is 0.773. The summed E-state index contributed by atoms with van der Waals surface area (Å²) in [7, 11) is -2.93. The van der Waals surface area contributed by atoms with E-state index in [4.69, 9.17) is 0 Å². The molecule has 0 saturated heterocycles. The van der Waals surface area contributed by atoms with Crippen LogP contribution in [0.15, 0.2) is 5.38 Å². The minimum atomic E-state index is -2.93. The van der Waals surface area contributed by atoms with Gasteiger partial charge in [-0.3, -0.25) is 0 Å². The van der Waals surface area contributed by atoms with Crippen LogP contribution in [0, 0.1) is 0 Å². The molecule has 1 aromatic rings. The van der Waals surface area contributed by atoms with E-state index in [-0.39, 0.29) is 5.75 Å². The fourth-order valence-electron chi connectivity index (χ4n) is 1.01. The molecular weight excluding hydrogens is 206 g/mol. The highest BCUT2D eigenvalue weighted by molar-refractivity contribution is 7.89. The van der Waals surface area contributed by atoms with Crippen molar-refractivity contribution >= 4 is 21.2 Å². The number of thiazole rings is 1. The second-order valence-corrected chi connectivity index (χ2v) is 6.14. The van der Waals surface area contributed by atoms with Gasteiger partial charge >= 0.3 is 0 Å². The van der Waals surface area contributed by atoms with Gasteiger partial charge in [0.15, 0.2) is 9.84 Å². The lowest BCUT2D eigenvalue weighted by atomic mass is 10.3. The third kappa shape index (κ3) is 3.87. The minimum Gasteiger partial charge on any atom is -0.245 e. The minimum absolute atomic E-state index is 0.0627. The predicted octanol–water partition coefficient (Wildman–Crippen LogP) is 1.64. The van der Waals surface area contributed by atoms with E-state index >= 15 is 0 Å². The predicted molar refractivity (Wildman–Crippen MR) is 54.7 cm³/mol. The first kappa shape index (κ1) is 10.7. The van der Waals surface area contributed by atoms with Crippen LogP contribution in [0.25, 0.3) is 0 Å². The molecule has 74 valence electrons. The molecule has 0 unspecified atom stereocenters. The summed E-state index contributed by atoms with van der Waals surface area (Å²) < 4.78 is 21.9. The Morgan fingerprint density at radius 2 is 2.23 bits per heavy atom. The van der Waals surface area contributed by atoms with Gasteiger partial charge in [0.05, 0.1) is 16.5 Å². The van der Waals surface area contributed by atoms with Crippen molar-refractivity contribution in [1.82, 2.24) is 4.98 Å². The lowest BCUT2D eigenvalue weighted by molar-refractivity contribution is 0.600. The van der Waals surface area contributed by atoms with Gasteiger partial charge in [-0.05, 0) is 12.8 Å². The maximum absolute atomic E-state index is 10.9. The molecule has 3 nitrogen and oxygen atoms in total. The van der Waals surface area contributed by atoms with Crippen molar-refractivity contribution in [2.75, 3.05) is 6.26 Å². The van der Waals surface area contributed by atoms with E-state index in [9.17, 15) is 8.42 Å². The molecule has 0 aliphatic carbocycles. The van der Waals surface area contributed by atoms with Gasteiger partial charge in [-0.2, -0.15) is 0 Å². The maximum atomic E-state index is 10.9. The zero-order valence-corrected chi connectivity index (χ0v) is 9.41. The van der Waals surface area contributed by atoms with Gasteiger partial charge in [-0.25, -0.2) is 13.4 Å². The van der Waals surface area contributed by atoms with Gasteiger partial charge in [0.25, 0.3) is 0 Å². The second-order valence-electron chi connectivity index (χ2n) is 3.05. The summed E-state index contributed by atoms with van der Waals surface area (Å²) in [5, 5.41) is 2.85. The molecule has 0 bridgehead atoms. The van der Waals surface area contributed by atoms with Gasteiger partial charge in [0.1, 0.15) is 0 Å². The van der Waals surface area contributed by atoms with Crippen molar-refractivity contribution in [3.63, 3.8) is 0 Å². The molecule has 0 radical (unpaired) electrons. The Bertz CT molecular complexity index is 367. The molecule has 5 heteroatoms. The molecule has 1 rings (SSSR count). The topological polar surface area (TPSA) is 47.0 Å². The normalized spacial score (nSPS) is 11.8. The van der Waals surface area contributed by atoms with Crippen LogP contribution in [-0.4, -0.2) is 19.7 Å². The third-order valence-electron chi connectivity index (χ3n) is 1.47. The summed E-state index contributed by atoms with van der Waals surface area (Å²) in [5.74, 6) is 0.0627. The summed E-state index contributed by atoms with van der Waals surface area (Å²) in [4.78, 5) is 4.22. The highest BCUT2D eigenvalue weighted by Crippen LogP contribution is 2.13. The van der Waals surface area contributed by atoms with E-state index < -0.39 is 9.84 Å². The molecular formula is C8H13NO2S2. The largest absolute Gasteiger partial charge is 0.245 e. The Hall–Kier alpha value is -0.420. The zero-order chi connectivity index (χ0) is 9.90. The summed E-state index contributed by atoms with van der Waals surface area (Å²) in [6.45, 7) is 2.08. The molecule has 0 aromatic carbocycles. The van der Waals surface area contributed by atoms with Gasteiger partial charge in [-0.1, -0.05) is 6.92 Å². The Morgan fingerprint density at radius 1 is 1.54 bits per heavy atom. The highest BCUT2D eigenvalue weighted by Gasteiger charge is 2.07. The zero-order valence-electron chi connectivity index (χ0n) is 7.78. The molecule has 0 N–H and O–H groups in total. The van der Waals surface area contributed by atoms with Crippen LogP contribution in [0.3, 0.4) is 0 Å². The number of rotatable bonds is 4. The van der Waals surface area contributed by atoms with Crippen LogP contribution in [0.2, 0.25) is 0 Å². The number of aryl methyl sites for hydroxylation is 1. The summed E-state index contributed by atoms with van der Waals surface area (Å²) in [6, 6.07) is 0. The molecule has 13 heavy (non-hydrogen) atoms. The first-order valence-corrected chi connectivity index (χ1v) is 7.06. The number of aromatic nitrogens is 1. The van der Waals surface area contributed by atoms with E-state index in [2.05, 4.69) is 11.9 Å². The van der Waals surface area contributed by atoms with Crippen LogP contribution in [0.4, 0.5) is 0 Å². The van der Waals surface area contributed by atoms with Gasteiger partial charge in [0, 0.05) is 11.6 Å². The second kappa shape index (κ2) is 4.19. The number of sulfone groups is 1. The molecule has 0 fully saturated rings. The Kier molecular flexibility index (Phi) is 3.44. The van der Waals surface area contributed by atoms with Crippen LogP contribution < -0.4 is 0 Å². The molecule has 0 aliphatic rings. The molecule has 1 heterocycles. The van der Waals surface area contributed by atoms with Crippen LogP contribution in [-0.2, 0) is 22.0 Å². The van der Waals surface area contributed by atoms with E-state index in [0.29, 0.717) is 5.69 Å². The van der Waals surface area contributed by atoms with Crippen molar-refractivity contribution in [2.24, 2.45) is 0 Å². The molecule has 0 amide bonds. The fourth-order valence-corrected chi connectivity index (χ4v) is 2.70. The number of hydrogen-bond acceptors (Lipinski definition) is 4. The Labute approximate surface area is 82.7 Å². The summed E-state index contributed by atoms with van der Waals surface area (Å²) in [5.41, 5.74) is 0.677. The molecule has 0 aliphatic heterocycles. The van der Waals surface area contributed by atoms with Crippen molar-refractivity contribution in [3.05, 3.63) is 16.1 Å². The molecule has 0 saturated carbocycles. The van der Waals surface area contributed by atoms with Gasteiger partial charge < -0.3 is 0 Å². The molecule has 0 spiro atoms. The van der Waals surface area contributed by atoms with E-state index in [0.717, 1.165) is 17.8 Å². The average molecular weight is 219 g/mol. The lowest BCUT2D eigenvalue weighted by Gasteiger charge is -1.92. The van der Waals surface area contributed by atoms with E-state index in [1.165, 1.54) is 17.6 Å². The van der Waals surface area contributed by atoms with Crippen molar-refractivity contribution in [2.45, 2.75) is 25.5 Å². The third-order valence-corrected chi connectivity index (χ3v) is 3.25. The standard InChI is InChI=1S/C8H13NO2S2/c1-3-4-8-9-7(5-12-8)6-13(2,10)11/h5H,3-4,6H2,1-2H3. The fraction of sp³-hybridized carbons (Fsp3) is 0.625. The van der Waals surface area contributed by atoms with Crippen LogP contribution >= 0.6 is 11.3 Å². The van der Waals surface area contributed by atoms with Crippen LogP contribution in [0.5, 0.6) is 0 Å². The number of nitrogens with zero attached hydrogens (tertiary/aromatic N) is 1. The van der Waals surface area contributed by atoms with Gasteiger partial charge in [0.2, 0.25) is 0 Å². The average Bonchev–Trinajstić information content (AvgIpc) is 2.33. The number of hydrogen-bond donors (Lipinski definition) is 0. The van der Waals surface area contributed by atoms with E-state index in [1.54, 1.807) is 0 Å². The first-order valence-electron chi connectivity index (χ1n) is 4.12. The monoisotopic (exact) mass is 219 g/mol. The maximum Gasteiger partial charge on any atom is 0.153 e.